The molecule has 5 nitrogen and oxygen atoms in total. The smallest absolute Gasteiger partial charge is 0.164 e. The average molecular weight is 869 g/mol. The molecule has 3 heterocycles. The Morgan fingerprint density at radius 1 is 0.265 bits per heavy atom. The largest absolute Gasteiger partial charge is 0.456 e. The van der Waals surface area contributed by atoms with E-state index in [4.69, 9.17) is 19.4 Å². The number of furan rings is 1. The molecule has 0 N–H and O–H groups in total. The fourth-order valence-corrected chi connectivity index (χ4v) is 9.76. The lowest BCUT2D eigenvalue weighted by Crippen LogP contribution is -2.04. The van der Waals surface area contributed by atoms with Crippen LogP contribution in [0.2, 0.25) is 0 Å². The van der Waals surface area contributed by atoms with Crippen LogP contribution in [0.25, 0.3) is 128 Å². The fourth-order valence-electron chi connectivity index (χ4n) is 9.76. The predicted molar refractivity (Wildman–Crippen MR) is 279 cm³/mol. The molecule has 318 valence electrons. The third-order valence-corrected chi connectivity index (χ3v) is 13.1. The van der Waals surface area contributed by atoms with Crippen molar-refractivity contribution in [1.82, 2.24) is 19.5 Å². The zero-order valence-electron chi connectivity index (χ0n) is 36.8. The van der Waals surface area contributed by atoms with Crippen molar-refractivity contribution in [2.75, 3.05) is 0 Å². The van der Waals surface area contributed by atoms with Gasteiger partial charge in [-0.2, -0.15) is 0 Å². The minimum Gasteiger partial charge on any atom is -0.456 e. The highest BCUT2D eigenvalue weighted by molar-refractivity contribution is 6.18. The molecule has 0 saturated carbocycles. The molecule has 13 aromatic rings. The summed E-state index contributed by atoms with van der Waals surface area (Å²) in [5, 5.41) is 4.42. The second-order valence-corrected chi connectivity index (χ2v) is 17.2. The monoisotopic (exact) mass is 868 g/mol. The van der Waals surface area contributed by atoms with Crippen LogP contribution in [0.1, 0.15) is 0 Å². The van der Waals surface area contributed by atoms with Crippen molar-refractivity contribution in [3.8, 4) is 84.4 Å². The number of hydrogen-bond donors (Lipinski definition) is 0. The molecule has 68 heavy (non-hydrogen) atoms. The van der Waals surface area contributed by atoms with Gasteiger partial charge in [0.05, 0.1) is 16.7 Å². The second-order valence-electron chi connectivity index (χ2n) is 17.2. The Kier molecular flexibility index (Phi) is 9.43. The molecule has 0 saturated heterocycles. The summed E-state index contributed by atoms with van der Waals surface area (Å²) in [5.74, 6) is 1.81. The first-order valence-electron chi connectivity index (χ1n) is 22.9. The normalized spacial score (nSPS) is 11.5. The summed E-state index contributed by atoms with van der Waals surface area (Å²) in [6.45, 7) is 0. The van der Waals surface area contributed by atoms with Crippen molar-refractivity contribution in [3.05, 3.63) is 243 Å². The van der Waals surface area contributed by atoms with Crippen LogP contribution in [0.3, 0.4) is 0 Å². The summed E-state index contributed by atoms with van der Waals surface area (Å²) >= 11 is 0. The van der Waals surface area contributed by atoms with Crippen molar-refractivity contribution >= 4 is 43.7 Å². The van der Waals surface area contributed by atoms with E-state index in [-0.39, 0.29) is 0 Å². The van der Waals surface area contributed by atoms with E-state index in [9.17, 15) is 0 Å². The Labute approximate surface area is 392 Å². The van der Waals surface area contributed by atoms with Crippen LogP contribution in [0.4, 0.5) is 0 Å². The van der Waals surface area contributed by atoms with E-state index < -0.39 is 0 Å². The molecule has 0 aliphatic heterocycles. The first kappa shape index (κ1) is 39.2. The summed E-state index contributed by atoms with van der Waals surface area (Å²) in [4.78, 5) is 15.6. The maximum Gasteiger partial charge on any atom is 0.164 e. The van der Waals surface area contributed by atoms with E-state index in [0.29, 0.717) is 17.5 Å². The van der Waals surface area contributed by atoms with Crippen LogP contribution in [-0.2, 0) is 0 Å². The number of fused-ring (bicyclic) bond motifs is 6. The quantitative estimate of drug-likeness (QED) is 0.153. The lowest BCUT2D eigenvalue weighted by molar-refractivity contribution is 0.669. The van der Waals surface area contributed by atoms with Crippen molar-refractivity contribution in [3.63, 3.8) is 0 Å². The Balaban J connectivity index is 1.15. The van der Waals surface area contributed by atoms with Crippen LogP contribution in [-0.4, -0.2) is 19.5 Å². The van der Waals surface area contributed by atoms with E-state index in [1.54, 1.807) is 0 Å². The van der Waals surface area contributed by atoms with E-state index in [1.165, 1.54) is 0 Å². The summed E-state index contributed by atoms with van der Waals surface area (Å²) in [7, 11) is 0. The van der Waals surface area contributed by atoms with Gasteiger partial charge in [-0.25, -0.2) is 15.0 Å². The number of nitrogens with zero attached hydrogens (tertiary/aromatic N) is 4. The van der Waals surface area contributed by atoms with E-state index in [0.717, 1.165) is 111 Å². The Bertz CT molecular complexity index is 3810. The second kappa shape index (κ2) is 16.4. The molecular weight excluding hydrogens is 829 g/mol. The van der Waals surface area contributed by atoms with Crippen LogP contribution >= 0.6 is 0 Å². The number of benzene rings is 10. The van der Waals surface area contributed by atoms with Gasteiger partial charge in [-0.1, -0.05) is 206 Å². The zero-order chi connectivity index (χ0) is 45.0. The minimum atomic E-state index is 0.586. The van der Waals surface area contributed by atoms with Crippen LogP contribution in [0, 0.1) is 0 Å². The van der Waals surface area contributed by atoms with Gasteiger partial charge in [0.15, 0.2) is 17.5 Å². The first-order valence-corrected chi connectivity index (χ1v) is 22.9. The molecule has 13 rings (SSSR count). The molecule has 0 fully saturated rings. The third-order valence-electron chi connectivity index (χ3n) is 13.1. The molecule has 0 aliphatic rings. The van der Waals surface area contributed by atoms with Crippen LogP contribution in [0.15, 0.2) is 247 Å². The van der Waals surface area contributed by atoms with E-state index in [1.807, 2.05) is 48.5 Å². The lowest BCUT2D eigenvalue weighted by Gasteiger charge is -2.21. The highest BCUT2D eigenvalue weighted by Gasteiger charge is 2.24. The predicted octanol–water partition coefficient (Wildman–Crippen LogP) is 16.5. The third kappa shape index (κ3) is 6.84. The number of aromatic nitrogens is 4. The van der Waals surface area contributed by atoms with E-state index in [2.05, 4.69) is 199 Å². The van der Waals surface area contributed by atoms with Gasteiger partial charge in [-0.15, -0.1) is 0 Å². The molecule has 5 heteroatoms. The van der Waals surface area contributed by atoms with Gasteiger partial charge in [-0.3, -0.25) is 0 Å². The standard InChI is InChI=1S/C63H40N4O/c1-5-17-41(18-6-1)43-29-33-45(34-30-43)52-37-49(63-65-61(47-21-9-3-10-22-47)64-62(66-63)48-23-11-4-12-24-48)38-53(46-35-31-44(32-36-46)42-19-7-2-8-20-42)60(52)67-56-27-15-13-25-50(56)54-40-59-55(39-57(54)67)51-26-14-16-28-58(51)68-59/h1-40H. The summed E-state index contributed by atoms with van der Waals surface area (Å²) < 4.78 is 8.99. The number of hydrogen-bond acceptors (Lipinski definition) is 4. The molecule has 10 aromatic carbocycles. The molecule has 0 amide bonds. The number of para-hydroxylation sites is 2. The van der Waals surface area contributed by atoms with Gasteiger partial charge in [0, 0.05) is 49.4 Å². The Morgan fingerprint density at radius 3 is 1.21 bits per heavy atom. The van der Waals surface area contributed by atoms with Gasteiger partial charge >= 0.3 is 0 Å². The van der Waals surface area contributed by atoms with Gasteiger partial charge in [-0.05, 0) is 69.8 Å². The Hall–Kier alpha value is -9.19. The summed E-state index contributed by atoms with van der Waals surface area (Å²) in [6.07, 6.45) is 0. The number of rotatable bonds is 8. The minimum absolute atomic E-state index is 0.586. The highest BCUT2D eigenvalue weighted by atomic mass is 16.3. The van der Waals surface area contributed by atoms with Gasteiger partial charge < -0.3 is 8.98 Å². The maximum atomic E-state index is 6.53. The molecule has 0 bridgehead atoms. The average Bonchev–Trinajstić information content (AvgIpc) is 3.95. The van der Waals surface area contributed by atoms with Gasteiger partial charge in [0.25, 0.3) is 0 Å². The van der Waals surface area contributed by atoms with Crippen LogP contribution in [0.5, 0.6) is 0 Å². The van der Waals surface area contributed by atoms with Crippen molar-refractivity contribution in [1.29, 1.82) is 0 Å². The SMILES string of the molecule is c1ccc(-c2ccc(-c3cc(-c4nc(-c5ccccc5)nc(-c5ccccc5)n4)cc(-c4ccc(-c5ccccc5)cc4)c3-n3c4ccccc4c4cc5oc6ccccc6c5cc43)cc2)cc1. The van der Waals surface area contributed by atoms with Gasteiger partial charge in [0.1, 0.15) is 11.2 Å². The van der Waals surface area contributed by atoms with Gasteiger partial charge in [0.2, 0.25) is 0 Å². The molecule has 3 aromatic heterocycles. The maximum absolute atomic E-state index is 6.53. The van der Waals surface area contributed by atoms with Crippen molar-refractivity contribution < 1.29 is 4.42 Å². The molecule has 0 aliphatic carbocycles. The van der Waals surface area contributed by atoms with Crippen molar-refractivity contribution in [2.24, 2.45) is 0 Å². The molecule has 0 unspecified atom stereocenters. The summed E-state index contributed by atoms with van der Waals surface area (Å²) in [6, 6.07) is 85.5. The zero-order valence-corrected chi connectivity index (χ0v) is 36.8. The molecule has 0 atom stereocenters. The summed E-state index contributed by atoms with van der Waals surface area (Å²) in [5.41, 5.74) is 16.5. The highest BCUT2D eigenvalue weighted by Crippen LogP contribution is 2.46. The lowest BCUT2D eigenvalue weighted by atomic mass is 9.91. The topological polar surface area (TPSA) is 56.7 Å². The molecule has 0 spiro atoms. The molecule has 0 radical (unpaired) electrons. The van der Waals surface area contributed by atoms with Crippen LogP contribution < -0.4 is 0 Å². The fraction of sp³-hybridized carbons (Fsp3) is 0. The Morgan fingerprint density at radius 2 is 0.676 bits per heavy atom. The van der Waals surface area contributed by atoms with E-state index >= 15 is 0 Å². The molecular formula is C63H40N4O. The van der Waals surface area contributed by atoms with Crippen molar-refractivity contribution in [2.45, 2.75) is 0 Å². The first-order chi connectivity index (χ1) is 33.7.